The van der Waals surface area contributed by atoms with Gasteiger partial charge in [0.15, 0.2) is 0 Å². The number of piperazine rings is 1. The Bertz CT molecular complexity index is 1650. The molecule has 4 amide bonds. The van der Waals surface area contributed by atoms with E-state index in [4.69, 9.17) is 5.26 Å². The molecule has 3 aromatic carbocycles. The van der Waals surface area contributed by atoms with Crippen LogP contribution in [0.1, 0.15) is 37.3 Å². The van der Waals surface area contributed by atoms with Gasteiger partial charge in [0.25, 0.3) is 11.8 Å². The number of nitriles is 1. The van der Waals surface area contributed by atoms with Crippen molar-refractivity contribution in [1.29, 1.82) is 5.26 Å². The minimum atomic E-state index is -4.80. The zero-order valence-electron chi connectivity index (χ0n) is 23.6. The number of rotatable bonds is 7. The van der Waals surface area contributed by atoms with Crippen molar-refractivity contribution >= 4 is 40.0 Å². The normalized spacial score (nSPS) is 16.3. The summed E-state index contributed by atoms with van der Waals surface area (Å²) in [6.45, 7) is 4.82. The highest BCUT2D eigenvalue weighted by molar-refractivity contribution is 6.32. The molecule has 0 spiro atoms. The number of nitrogens with one attached hydrogen (secondary N) is 1. The first kappa shape index (κ1) is 29.8. The maximum atomic E-state index is 13.4. The van der Waals surface area contributed by atoms with Crippen LogP contribution in [0.15, 0.2) is 71.8 Å². The Morgan fingerprint density at radius 2 is 1.67 bits per heavy atom. The molecule has 222 valence electrons. The van der Waals surface area contributed by atoms with E-state index in [1.165, 1.54) is 19.1 Å². The van der Waals surface area contributed by atoms with Gasteiger partial charge in [0.2, 0.25) is 0 Å². The Labute approximate surface area is 247 Å². The molecule has 0 atom stereocenters. The van der Waals surface area contributed by atoms with Crippen LogP contribution in [0.3, 0.4) is 0 Å². The number of benzene rings is 3. The number of halogens is 3. The molecular weight excluding hydrogens is 559 g/mol. The van der Waals surface area contributed by atoms with Gasteiger partial charge in [0.1, 0.15) is 0 Å². The molecule has 0 bridgehead atoms. The topological polar surface area (TPSA) is 96.8 Å². The maximum Gasteiger partial charge on any atom is 0.417 e. The van der Waals surface area contributed by atoms with Crippen LogP contribution in [0.2, 0.25) is 0 Å². The zero-order chi connectivity index (χ0) is 30.7. The molecule has 0 radical (unpaired) electrons. The Morgan fingerprint density at radius 1 is 0.953 bits per heavy atom. The van der Waals surface area contributed by atoms with E-state index >= 15 is 0 Å². The van der Waals surface area contributed by atoms with Crippen LogP contribution >= 0.6 is 0 Å². The van der Waals surface area contributed by atoms with E-state index < -0.39 is 29.1 Å². The average Bonchev–Trinajstić information content (AvgIpc) is 3.21. The lowest BCUT2D eigenvalue weighted by Gasteiger charge is -2.34. The summed E-state index contributed by atoms with van der Waals surface area (Å²) in [6.07, 6.45) is -3.12. The van der Waals surface area contributed by atoms with Crippen LogP contribution in [-0.2, 0) is 15.8 Å². The number of carbonyl (C=O) groups is 3. The molecule has 0 saturated carbocycles. The number of anilines is 2. The number of hydrogen-bond donors (Lipinski definition) is 1. The molecule has 11 heteroatoms. The predicted molar refractivity (Wildman–Crippen MR) is 156 cm³/mol. The standard InChI is InChI=1S/C32H30F3N5O3/c1-21-25(30(42)40(29(21)41)24-13-12-23(20-36)27(19-24)32(33,34)35)9-4-5-14-38-15-17-39(18-16-38)31(43)37-28-11-6-8-22-7-2-3-10-26(22)28/h2-3,6-8,10-13,19H,4-5,9,14-18H2,1H3,(H,37,43). The summed E-state index contributed by atoms with van der Waals surface area (Å²) in [4.78, 5) is 43.6. The van der Waals surface area contributed by atoms with Crippen molar-refractivity contribution in [2.45, 2.75) is 32.4 Å². The fraction of sp³-hybridized carbons (Fsp3) is 0.312. The summed E-state index contributed by atoms with van der Waals surface area (Å²) in [5.74, 6) is -1.29. The Balaban J connectivity index is 1.10. The quantitative estimate of drug-likeness (QED) is 0.272. The van der Waals surface area contributed by atoms with Crippen LogP contribution < -0.4 is 10.2 Å². The molecule has 1 fully saturated rings. The number of nitrogens with zero attached hydrogens (tertiary/aromatic N) is 4. The van der Waals surface area contributed by atoms with Gasteiger partial charge in [-0.1, -0.05) is 36.4 Å². The monoisotopic (exact) mass is 589 g/mol. The highest BCUT2D eigenvalue weighted by Gasteiger charge is 2.39. The second-order valence-corrected chi connectivity index (χ2v) is 10.6. The number of unbranched alkanes of at least 4 members (excludes halogenated alkanes) is 1. The molecule has 43 heavy (non-hydrogen) atoms. The SMILES string of the molecule is CC1=C(CCCCN2CCN(C(=O)Nc3cccc4ccccc34)CC2)C(=O)N(c2ccc(C#N)c(C(F)(F)F)c2)C1=O. The van der Waals surface area contributed by atoms with Gasteiger partial charge in [-0.3, -0.25) is 14.5 Å². The number of fused-ring (bicyclic) bond motifs is 1. The number of amides is 4. The summed E-state index contributed by atoms with van der Waals surface area (Å²) < 4.78 is 40.3. The summed E-state index contributed by atoms with van der Waals surface area (Å²) in [5, 5.41) is 14.1. The van der Waals surface area contributed by atoms with Gasteiger partial charge in [0.05, 0.1) is 28.6 Å². The molecule has 0 aliphatic carbocycles. The molecule has 5 rings (SSSR count). The first-order valence-electron chi connectivity index (χ1n) is 14.0. The molecular formula is C32H30F3N5O3. The fourth-order valence-corrected chi connectivity index (χ4v) is 5.56. The smallest absolute Gasteiger partial charge is 0.322 e. The molecule has 2 aliphatic rings. The van der Waals surface area contributed by atoms with Crippen molar-refractivity contribution in [1.82, 2.24) is 9.80 Å². The lowest BCUT2D eigenvalue weighted by atomic mass is 10.0. The highest BCUT2D eigenvalue weighted by Crippen LogP contribution is 2.37. The van der Waals surface area contributed by atoms with E-state index in [1.807, 2.05) is 42.5 Å². The van der Waals surface area contributed by atoms with E-state index in [2.05, 4.69) is 10.2 Å². The summed E-state index contributed by atoms with van der Waals surface area (Å²) in [7, 11) is 0. The Hall–Kier alpha value is -4.69. The van der Waals surface area contributed by atoms with E-state index in [0.29, 0.717) is 45.1 Å². The van der Waals surface area contributed by atoms with Crippen molar-refractivity contribution in [2.75, 3.05) is 42.9 Å². The number of urea groups is 1. The molecule has 2 heterocycles. The third-order valence-corrected chi connectivity index (χ3v) is 7.97. The van der Waals surface area contributed by atoms with E-state index in [9.17, 15) is 27.6 Å². The third-order valence-electron chi connectivity index (χ3n) is 7.97. The minimum absolute atomic E-state index is 0.142. The number of imide groups is 1. The maximum absolute atomic E-state index is 13.4. The van der Waals surface area contributed by atoms with Gasteiger partial charge in [-0.25, -0.2) is 9.69 Å². The third kappa shape index (κ3) is 6.24. The first-order valence-corrected chi connectivity index (χ1v) is 14.0. The second kappa shape index (κ2) is 12.3. The number of alkyl halides is 3. The van der Waals surface area contributed by atoms with Crippen LogP contribution in [-0.4, -0.2) is 60.4 Å². The molecule has 0 aromatic heterocycles. The van der Waals surface area contributed by atoms with Crippen molar-refractivity contribution in [3.63, 3.8) is 0 Å². The molecule has 1 N–H and O–H groups in total. The largest absolute Gasteiger partial charge is 0.417 e. The average molecular weight is 590 g/mol. The Morgan fingerprint density at radius 3 is 2.40 bits per heavy atom. The molecule has 0 unspecified atom stereocenters. The second-order valence-electron chi connectivity index (χ2n) is 10.6. The molecule has 8 nitrogen and oxygen atoms in total. The first-order chi connectivity index (χ1) is 20.6. The Kier molecular flexibility index (Phi) is 8.50. The van der Waals surface area contributed by atoms with Crippen molar-refractivity contribution in [3.05, 3.63) is 82.9 Å². The lowest BCUT2D eigenvalue weighted by molar-refractivity contribution is -0.138. The van der Waals surface area contributed by atoms with Gasteiger partial charge in [0, 0.05) is 42.7 Å². The zero-order valence-corrected chi connectivity index (χ0v) is 23.6. The molecule has 3 aromatic rings. The highest BCUT2D eigenvalue weighted by atomic mass is 19.4. The van der Waals surface area contributed by atoms with Crippen molar-refractivity contribution in [3.8, 4) is 6.07 Å². The van der Waals surface area contributed by atoms with Crippen LogP contribution in [0.25, 0.3) is 10.8 Å². The van der Waals surface area contributed by atoms with Gasteiger partial charge in [-0.05, 0) is 62.4 Å². The van der Waals surface area contributed by atoms with Crippen LogP contribution in [0.4, 0.5) is 29.3 Å². The van der Waals surface area contributed by atoms with E-state index in [-0.39, 0.29) is 22.9 Å². The van der Waals surface area contributed by atoms with Crippen LogP contribution in [0, 0.1) is 11.3 Å². The van der Waals surface area contributed by atoms with Gasteiger partial charge >= 0.3 is 12.2 Å². The predicted octanol–water partition coefficient (Wildman–Crippen LogP) is 5.94. The summed E-state index contributed by atoms with van der Waals surface area (Å²) >= 11 is 0. The van der Waals surface area contributed by atoms with E-state index in [0.717, 1.165) is 40.4 Å². The lowest BCUT2D eigenvalue weighted by Crippen LogP contribution is -2.50. The molecule has 2 aliphatic heterocycles. The summed E-state index contributed by atoms with van der Waals surface area (Å²) in [6, 6.07) is 17.9. The fourth-order valence-electron chi connectivity index (χ4n) is 5.56. The van der Waals surface area contributed by atoms with Crippen molar-refractivity contribution in [2.24, 2.45) is 0 Å². The van der Waals surface area contributed by atoms with Crippen molar-refractivity contribution < 1.29 is 27.6 Å². The number of hydrogen-bond acceptors (Lipinski definition) is 5. The van der Waals surface area contributed by atoms with Gasteiger partial charge in [-0.15, -0.1) is 0 Å². The van der Waals surface area contributed by atoms with E-state index in [1.54, 1.807) is 4.90 Å². The number of carbonyl (C=O) groups excluding carboxylic acids is 3. The van der Waals surface area contributed by atoms with Gasteiger partial charge < -0.3 is 10.2 Å². The summed E-state index contributed by atoms with van der Waals surface area (Å²) in [5.41, 5.74) is -0.699. The van der Waals surface area contributed by atoms with Crippen LogP contribution in [0.5, 0.6) is 0 Å². The molecule has 1 saturated heterocycles. The minimum Gasteiger partial charge on any atom is -0.322 e. The van der Waals surface area contributed by atoms with Gasteiger partial charge in [-0.2, -0.15) is 18.4 Å².